The molecule has 0 aliphatic carbocycles. The molecule has 0 N–H and O–H groups in total. The molecule has 3 aromatic rings. The Labute approximate surface area is 116 Å². The maximum Gasteiger partial charge on any atom is 0.163 e. The van der Waals surface area contributed by atoms with Crippen molar-refractivity contribution in [3.63, 3.8) is 0 Å². The smallest absolute Gasteiger partial charge is 0.163 e. The minimum Gasteiger partial charge on any atom is -0.280 e. The van der Waals surface area contributed by atoms with Crippen molar-refractivity contribution in [3.05, 3.63) is 41.3 Å². The van der Waals surface area contributed by atoms with Crippen LogP contribution in [0.3, 0.4) is 0 Å². The number of alkyl halides is 1. The predicted molar refractivity (Wildman–Crippen MR) is 76.9 cm³/mol. The largest absolute Gasteiger partial charge is 0.280 e. The van der Waals surface area contributed by atoms with Crippen LogP contribution in [0, 0.1) is 13.8 Å². The number of fused-ring (bicyclic) bond motifs is 1. The van der Waals surface area contributed by atoms with E-state index >= 15 is 0 Å². The Balaban J connectivity index is 2.34. The molecule has 0 spiro atoms. The zero-order chi connectivity index (χ0) is 13.6. The molecule has 0 bridgehead atoms. The fourth-order valence-corrected chi connectivity index (χ4v) is 2.55. The SMILES string of the molecule is Cc1ccc(-n2c(CCl)nc3c(C)nn(C)c32)cc1. The summed E-state index contributed by atoms with van der Waals surface area (Å²) in [6, 6.07) is 8.33. The molecule has 0 aliphatic rings. The van der Waals surface area contributed by atoms with Gasteiger partial charge in [0, 0.05) is 12.7 Å². The van der Waals surface area contributed by atoms with Crippen molar-refractivity contribution in [2.24, 2.45) is 7.05 Å². The van der Waals surface area contributed by atoms with Gasteiger partial charge in [-0.15, -0.1) is 11.6 Å². The van der Waals surface area contributed by atoms with Crippen LogP contribution in [0.5, 0.6) is 0 Å². The van der Waals surface area contributed by atoms with Gasteiger partial charge in [-0.2, -0.15) is 5.10 Å². The molecule has 0 unspecified atom stereocenters. The van der Waals surface area contributed by atoms with Crippen LogP contribution >= 0.6 is 11.6 Å². The minimum atomic E-state index is 0.377. The Morgan fingerprint density at radius 2 is 1.84 bits per heavy atom. The van der Waals surface area contributed by atoms with Crippen LogP contribution in [0.4, 0.5) is 0 Å². The lowest BCUT2D eigenvalue weighted by atomic mass is 10.2. The van der Waals surface area contributed by atoms with Gasteiger partial charge in [-0.3, -0.25) is 4.57 Å². The Kier molecular flexibility index (Phi) is 2.82. The summed E-state index contributed by atoms with van der Waals surface area (Å²) in [5, 5.41) is 4.42. The van der Waals surface area contributed by atoms with E-state index in [2.05, 4.69) is 45.8 Å². The molecule has 0 radical (unpaired) electrons. The number of aryl methyl sites for hydroxylation is 3. The van der Waals surface area contributed by atoms with E-state index in [-0.39, 0.29) is 0 Å². The third kappa shape index (κ3) is 1.83. The lowest BCUT2D eigenvalue weighted by molar-refractivity contribution is 0.755. The number of halogens is 1. The molecule has 19 heavy (non-hydrogen) atoms. The van der Waals surface area contributed by atoms with E-state index in [0.29, 0.717) is 5.88 Å². The molecule has 0 fully saturated rings. The molecule has 0 aliphatic heterocycles. The summed E-state index contributed by atoms with van der Waals surface area (Å²) in [6.07, 6.45) is 0. The Hall–Kier alpha value is -1.81. The van der Waals surface area contributed by atoms with E-state index in [1.807, 2.05) is 18.7 Å². The molecule has 0 atom stereocenters. The van der Waals surface area contributed by atoms with Crippen LogP contribution in [-0.4, -0.2) is 19.3 Å². The number of hydrogen-bond acceptors (Lipinski definition) is 2. The summed E-state index contributed by atoms with van der Waals surface area (Å²) < 4.78 is 3.93. The second-order valence-corrected chi connectivity index (χ2v) is 4.98. The van der Waals surface area contributed by atoms with Gasteiger partial charge in [0.1, 0.15) is 11.3 Å². The number of benzene rings is 1. The normalized spacial score (nSPS) is 11.4. The first-order valence-electron chi connectivity index (χ1n) is 6.15. The van der Waals surface area contributed by atoms with Crippen molar-refractivity contribution in [1.29, 1.82) is 0 Å². The van der Waals surface area contributed by atoms with Gasteiger partial charge in [0.15, 0.2) is 5.65 Å². The Morgan fingerprint density at radius 3 is 2.47 bits per heavy atom. The first-order valence-corrected chi connectivity index (χ1v) is 6.69. The topological polar surface area (TPSA) is 35.6 Å². The number of aromatic nitrogens is 4. The van der Waals surface area contributed by atoms with Crippen LogP contribution in [0.2, 0.25) is 0 Å². The third-order valence-electron chi connectivity index (χ3n) is 3.28. The third-order valence-corrected chi connectivity index (χ3v) is 3.52. The van der Waals surface area contributed by atoms with Crippen molar-refractivity contribution >= 4 is 22.8 Å². The lowest BCUT2D eigenvalue weighted by Gasteiger charge is -2.08. The fraction of sp³-hybridized carbons (Fsp3) is 0.286. The first kappa shape index (κ1) is 12.2. The number of rotatable bonds is 2. The fourth-order valence-electron chi connectivity index (χ4n) is 2.37. The van der Waals surface area contributed by atoms with Gasteiger partial charge in [0.25, 0.3) is 0 Å². The highest BCUT2D eigenvalue weighted by molar-refractivity contribution is 6.17. The minimum absolute atomic E-state index is 0.377. The highest BCUT2D eigenvalue weighted by Gasteiger charge is 2.17. The standard InChI is InChI=1S/C14H15ClN4/c1-9-4-6-11(7-5-9)19-12(8-15)16-13-10(2)17-18(3)14(13)19/h4-7H,8H2,1-3H3. The van der Waals surface area contributed by atoms with Crippen molar-refractivity contribution in [2.75, 3.05) is 0 Å². The molecule has 0 amide bonds. The molecule has 98 valence electrons. The highest BCUT2D eigenvalue weighted by atomic mass is 35.5. The van der Waals surface area contributed by atoms with Crippen molar-refractivity contribution in [2.45, 2.75) is 19.7 Å². The second kappa shape index (κ2) is 4.38. The van der Waals surface area contributed by atoms with Crippen LogP contribution in [-0.2, 0) is 12.9 Å². The van der Waals surface area contributed by atoms with E-state index in [4.69, 9.17) is 11.6 Å². The molecule has 3 rings (SSSR count). The monoisotopic (exact) mass is 274 g/mol. The van der Waals surface area contributed by atoms with Gasteiger partial charge in [0.2, 0.25) is 0 Å². The second-order valence-electron chi connectivity index (χ2n) is 4.71. The van der Waals surface area contributed by atoms with Gasteiger partial charge in [-0.1, -0.05) is 17.7 Å². The predicted octanol–water partition coefficient (Wildman–Crippen LogP) is 3.11. The number of nitrogens with zero attached hydrogens (tertiary/aromatic N) is 4. The van der Waals surface area contributed by atoms with Crippen molar-refractivity contribution in [3.8, 4) is 5.69 Å². The molecule has 0 saturated heterocycles. The molecule has 2 aromatic heterocycles. The number of hydrogen-bond donors (Lipinski definition) is 0. The zero-order valence-corrected chi connectivity index (χ0v) is 11.9. The Bertz CT molecular complexity index is 737. The van der Waals surface area contributed by atoms with Crippen LogP contribution in [0.1, 0.15) is 17.1 Å². The molecule has 2 heterocycles. The summed E-state index contributed by atoms with van der Waals surface area (Å²) in [5.74, 6) is 1.22. The summed E-state index contributed by atoms with van der Waals surface area (Å²) in [5.41, 5.74) is 5.12. The zero-order valence-electron chi connectivity index (χ0n) is 11.2. The van der Waals surface area contributed by atoms with Crippen LogP contribution in [0.15, 0.2) is 24.3 Å². The first-order chi connectivity index (χ1) is 9.11. The summed E-state index contributed by atoms with van der Waals surface area (Å²) >= 11 is 6.03. The van der Waals surface area contributed by atoms with Gasteiger partial charge >= 0.3 is 0 Å². The quantitative estimate of drug-likeness (QED) is 0.673. The van der Waals surface area contributed by atoms with Crippen LogP contribution < -0.4 is 0 Å². The van der Waals surface area contributed by atoms with E-state index in [1.54, 1.807) is 0 Å². The summed E-state index contributed by atoms with van der Waals surface area (Å²) in [6.45, 7) is 4.04. The maximum atomic E-state index is 6.03. The average Bonchev–Trinajstić information content (AvgIpc) is 2.90. The molecular weight excluding hydrogens is 260 g/mol. The van der Waals surface area contributed by atoms with Crippen molar-refractivity contribution in [1.82, 2.24) is 19.3 Å². The van der Waals surface area contributed by atoms with Gasteiger partial charge in [0.05, 0.1) is 11.6 Å². The van der Waals surface area contributed by atoms with Crippen LogP contribution in [0.25, 0.3) is 16.9 Å². The highest BCUT2D eigenvalue weighted by Crippen LogP contribution is 2.24. The molecule has 4 nitrogen and oxygen atoms in total. The molecule has 0 saturated carbocycles. The number of imidazole rings is 1. The van der Waals surface area contributed by atoms with Crippen molar-refractivity contribution < 1.29 is 0 Å². The summed E-state index contributed by atoms with van der Waals surface area (Å²) in [4.78, 5) is 4.60. The lowest BCUT2D eigenvalue weighted by Crippen LogP contribution is -2.04. The van der Waals surface area contributed by atoms with E-state index in [0.717, 1.165) is 28.4 Å². The van der Waals surface area contributed by atoms with Gasteiger partial charge < -0.3 is 0 Å². The molecule has 5 heteroatoms. The molecular formula is C14H15ClN4. The maximum absolute atomic E-state index is 6.03. The Morgan fingerprint density at radius 1 is 1.16 bits per heavy atom. The summed E-state index contributed by atoms with van der Waals surface area (Å²) in [7, 11) is 1.93. The van der Waals surface area contributed by atoms with E-state index < -0.39 is 0 Å². The molecule has 1 aromatic carbocycles. The van der Waals surface area contributed by atoms with Gasteiger partial charge in [-0.05, 0) is 26.0 Å². The van der Waals surface area contributed by atoms with Gasteiger partial charge in [-0.25, -0.2) is 9.67 Å². The van der Waals surface area contributed by atoms with E-state index in [9.17, 15) is 0 Å². The van der Waals surface area contributed by atoms with E-state index in [1.165, 1.54) is 5.56 Å². The average molecular weight is 275 g/mol.